The summed E-state index contributed by atoms with van der Waals surface area (Å²) in [6, 6.07) is 7.19. The maximum atomic E-state index is 12.4. The van der Waals surface area contributed by atoms with Crippen LogP contribution in [0.1, 0.15) is 36.5 Å². The molecule has 0 atom stereocenters. The van der Waals surface area contributed by atoms with E-state index in [0.717, 1.165) is 23.3 Å². The first-order chi connectivity index (χ1) is 15.0. The molecule has 0 bridgehead atoms. The van der Waals surface area contributed by atoms with E-state index >= 15 is 0 Å². The van der Waals surface area contributed by atoms with Crippen molar-refractivity contribution in [2.24, 2.45) is 5.73 Å². The average Bonchev–Trinajstić information content (AvgIpc) is 3.24. The van der Waals surface area contributed by atoms with Gasteiger partial charge in [0.2, 0.25) is 11.8 Å². The summed E-state index contributed by atoms with van der Waals surface area (Å²) in [7, 11) is 3.11. The minimum atomic E-state index is -0.566. The molecule has 0 aliphatic heterocycles. The molecule has 1 aromatic carbocycles. The third kappa shape index (κ3) is 5.03. The number of nitrogens with zero attached hydrogens (tertiary/aromatic N) is 1. The highest BCUT2D eigenvalue weighted by atomic mass is 32.1. The highest BCUT2D eigenvalue weighted by Crippen LogP contribution is 2.38. The molecule has 7 nitrogen and oxygen atoms in total. The van der Waals surface area contributed by atoms with Gasteiger partial charge in [-0.1, -0.05) is 19.4 Å². The van der Waals surface area contributed by atoms with Crippen molar-refractivity contribution in [3.05, 3.63) is 47.6 Å². The van der Waals surface area contributed by atoms with Crippen molar-refractivity contribution in [3.63, 3.8) is 0 Å². The second-order valence-electron chi connectivity index (χ2n) is 6.89. The first kappa shape index (κ1) is 22.3. The zero-order chi connectivity index (χ0) is 22.4. The smallest absolute Gasteiger partial charge is 0.250 e. The minimum absolute atomic E-state index is 0.0291. The van der Waals surface area contributed by atoms with E-state index in [-0.39, 0.29) is 5.91 Å². The Balaban J connectivity index is 2.01. The molecule has 162 valence electrons. The van der Waals surface area contributed by atoms with E-state index in [1.807, 2.05) is 24.4 Å². The standard InChI is InChI=1S/C23H25N3O4S/c1-4-5-6-21(27)26-15-10-20(31-13-15)17-12-25-11-16(22(17)23(24)28)14-7-8-18(29-2)19(9-14)30-3/h7-13H,4-6H2,1-3H3,(H2,24,28)(H,26,27). The van der Waals surface area contributed by atoms with Gasteiger partial charge >= 0.3 is 0 Å². The number of carbonyl (C=O) groups is 2. The summed E-state index contributed by atoms with van der Waals surface area (Å²) in [5.74, 6) is 0.523. The molecule has 31 heavy (non-hydrogen) atoms. The molecule has 2 amide bonds. The maximum absolute atomic E-state index is 12.4. The van der Waals surface area contributed by atoms with Crippen LogP contribution in [0.3, 0.4) is 0 Å². The van der Waals surface area contributed by atoms with E-state index in [9.17, 15) is 9.59 Å². The lowest BCUT2D eigenvalue weighted by molar-refractivity contribution is -0.116. The summed E-state index contributed by atoms with van der Waals surface area (Å²) in [4.78, 5) is 29.6. The fourth-order valence-electron chi connectivity index (χ4n) is 3.24. The Morgan fingerprint density at radius 3 is 2.52 bits per heavy atom. The first-order valence-electron chi connectivity index (χ1n) is 9.87. The number of nitrogens with two attached hydrogens (primary N) is 1. The number of nitrogens with one attached hydrogen (secondary N) is 1. The molecule has 2 heterocycles. The van der Waals surface area contributed by atoms with Crippen LogP contribution in [0.15, 0.2) is 42.0 Å². The molecule has 3 N–H and O–H groups in total. The Morgan fingerprint density at radius 2 is 1.84 bits per heavy atom. The number of rotatable bonds is 9. The number of hydrogen-bond donors (Lipinski definition) is 2. The molecular formula is C23H25N3O4S. The normalized spacial score (nSPS) is 10.5. The number of pyridine rings is 1. The van der Waals surface area contributed by atoms with Crippen LogP contribution in [0.4, 0.5) is 5.69 Å². The van der Waals surface area contributed by atoms with E-state index in [2.05, 4.69) is 10.3 Å². The summed E-state index contributed by atoms with van der Waals surface area (Å²) in [6.45, 7) is 2.04. The molecule has 0 unspecified atom stereocenters. The molecule has 8 heteroatoms. The van der Waals surface area contributed by atoms with E-state index in [1.165, 1.54) is 11.3 Å². The molecular weight excluding hydrogens is 414 g/mol. The third-order valence-corrected chi connectivity index (χ3v) is 5.76. The number of ether oxygens (including phenoxy) is 2. The number of thiophene rings is 1. The number of aromatic nitrogens is 1. The number of methoxy groups -OCH3 is 2. The molecule has 0 saturated carbocycles. The van der Waals surface area contributed by atoms with Crippen LogP contribution in [0, 0.1) is 0 Å². The Bertz CT molecular complexity index is 1090. The Labute approximate surface area is 185 Å². The van der Waals surface area contributed by atoms with E-state index in [0.29, 0.717) is 40.3 Å². The van der Waals surface area contributed by atoms with Gasteiger partial charge in [0.1, 0.15) is 0 Å². The van der Waals surface area contributed by atoms with Gasteiger partial charge in [-0.2, -0.15) is 0 Å². The third-order valence-electron chi connectivity index (χ3n) is 4.79. The number of carbonyl (C=O) groups excluding carboxylic acids is 2. The predicted octanol–water partition coefficient (Wildman–Crippen LogP) is 4.72. The summed E-state index contributed by atoms with van der Waals surface area (Å²) in [5.41, 5.74) is 8.74. The number of benzene rings is 1. The van der Waals surface area contributed by atoms with Crippen LogP contribution in [0.5, 0.6) is 11.5 Å². The van der Waals surface area contributed by atoms with Crippen molar-refractivity contribution in [3.8, 4) is 33.1 Å². The van der Waals surface area contributed by atoms with E-state index in [4.69, 9.17) is 15.2 Å². The Morgan fingerprint density at radius 1 is 1.10 bits per heavy atom. The highest BCUT2D eigenvalue weighted by Gasteiger charge is 2.20. The van der Waals surface area contributed by atoms with Crippen molar-refractivity contribution < 1.29 is 19.1 Å². The Hall–Kier alpha value is -3.39. The summed E-state index contributed by atoms with van der Waals surface area (Å²) >= 11 is 1.41. The van der Waals surface area contributed by atoms with Gasteiger partial charge in [0, 0.05) is 40.2 Å². The van der Waals surface area contributed by atoms with Gasteiger partial charge in [-0.3, -0.25) is 14.6 Å². The number of anilines is 1. The molecule has 0 radical (unpaired) electrons. The Kier molecular flexibility index (Phi) is 7.25. The fourth-order valence-corrected chi connectivity index (χ4v) is 4.10. The van der Waals surface area contributed by atoms with Gasteiger partial charge in [0.25, 0.3) is 0 Å². The first-order valence-corrected chi connectivity index (χ1v) is 10.7. The highest BCUT2D eigenvalue weighted by molar-refractivity contribution is 7.14. The lowest BCUT2D eigenvalue weighted by Gasteiger charge is -2.13. The molecule has 0 spiro atoms. The number of hydrogen-bond acceptors (Lipinski definition) is 6. The van der Waals surface area contributed by atoms with Gasteiger partial charge in [-0.25, -0.2) is 0 Å². The van der Waals surface area contributed by atoms with Crippen molar-refractivity contribution in [1.82, 2.24) is 4.98 Å². The van der Waals surface area contributed by atoms with Gasteiger partial charge in [-0.05, 0) is 30.2 Å². The topological polar surface area (TPSA) is 104 Å². The van der Waals surface area contributed by atoms with Gasteiger partial charge < -0.3 is 20.5 Å². The van der Waals surface area contributed by atoms with Crippen LogP contribution < -0.4 is 20.5 Å². The molecule has 0 aliphatic carbocycles. The zero-order valence-corrected chi connectivity index (χ0v) is 18.5. The molecule has 0 saturated heterocycles. The van der Waals surface area contributed by atoms with Crippen molar-refractivity contribution in [2.45, 2.75) is 26.2 Å². The lowest BCUT2D eigenvalue weighted by atomic mass is 9.96. The monoisotopic (exact) mass is 439 g/mol. The quantitative estimate of drug-likeness (QED) is 0.502. The molecule has 3 aromatic rings. The molecule has 0 fully saturated rings. The summed E-state index contributed by atoms with van der Waals surface area (Å²) in [5, 5.41) is 4.73. The predicted molar refractivity (Wildman–Crippen MR) is 123 cm³/mol. The van der Waals surface area contributed by atoms with Crippen molar-refractivity contribution in [2.75, 3.05) is 19.5 Å². The van der Waals surface area contributed by atoms with E-state index in [1.54, 1.807) is 38.7 Å². The van der Waals surface area contributed by atoms with Crippen LogP contribution in [0.2, 0.25) is 0 Å². The van der Waals surface area contributed by atoms with Gasteiger partial charge in [-0.15, -0.1) is 11.3 Å². The second kappa shape index (κ2) is 10.1. The maximum Gasteiger partial charge on any atom is 0.250 e. The molecule has 2 aromatic heterocycles. The van der Waals surface area contributed by atoms with Crippen LogP contribution >= 0.6 is 11.3 Å². The minimum Gasteiger partial charge on any atom is -0.493 e. The zero-order valence-electron chi connectivity index (χ0n) is 17.7. The second-order valence-corrected chi connectivity index (χ2v) is 7.81. The molecule has 0 aliphatic rings. The lowest BCUT2D eigenvalue weighted by Crippen LogP contribution is -2.14. The summed E-state index contributed by atoms with van der Waals surface area (Å²) < 4.78 is 10.7. The summed E-state index contributed by atoms with van der Waals surface area (Å²) in [6.07, 6.45) is 5.49. The number of unbranched alkanes of at least 4 members (excludes halogenated alkanes) is 1. The van der Waals surface area contributed by atoms with Crippen molar-refractivity contribution in [1.29, 1.82) is 0 Å². The fraction of sp³-hybridized carbons (Fsp3) is 0.261. The SMILES string of the molecule is CCCCC(=O)Nc1csc(-c2cncc(-c3ccc(OC)c(OC)c3)c2C(N)=O)c1. The molecule has 3 rings (SSSR count). The van der Waals surface area contributed by atoms with Gasteiger partial charge in [0.15, 0.2) is 11.5 Å². The number of amides is 2. The van der Waals surface area contributed by atoms with E-state index < -0.39 is 5.91 Å². The van der Waals surface area contributed by atoms with Crippen LogP contribution in [-0.4, -0.2) is 31.0 Å². The largest absolute Gasteiger partial charge is 0.493 e. The average molecular weight is 440 g/mol. The van der Waals surface area contributed by atoms with Crippen molar-refractivity contribution >= 4 is 28.8 Å². The van der Waals surface area contributed by atoms with Gasteiger partial charge in [0.05, 0.1) is 25.5 Å². The number of primary amides is 1. The van der Waals surface area contributed by atoms with Crippen LogP contribution in [-0.2, 0) is 4.79 Å². The van der Waals surface area contributed by atoms with Crippen LogP contribution in [0.25, 0.3) is 21.6 Å².